The molecule has 2 aromatic rings. The molecule has 2 heterocycles. The Morgan fingerprint density at radius 2 is 2.00 bits per heavy atom. The van der Waals surface area contributed by atoms with Crippen LogP contribution >= 0.6 is 35.3 Å². The zero-order valence-electron chi connectivity index (χ0n) is 20.8. The van der Waals surface area contributed by atoms with E-state index in [9.17, 15) is 24.1 Å². The molecule has 0 amide bonds. The number of H-pyrrole nitrogens is 1. The van der Waals surface area contributed by atoms with Gasteiger partial charge in [0.05, 0.1) is 19.8 Å². The van der Waals surface area contributed by atoms with Gasteiger partial charge in [0.25, 0.3) is 5.56 Å². The van der Waals surface area contributed by atoms with Crippen molar-refractivity contribution in [2.24, 2.45) is 0 Å². The second kappa shape index (κ2) is 12.3. The molecule has 0 spiro atoms. The zero-order chi connectivity index (χ0) is 28.3. The number of alkyl halides is 2. The van der Waals surface area contributed by atoms with Gasteiger partial charge in [-0.2, -0.15) is 5.09 Å². The average molecular weight is 641 g/mol. The van der Waals surface area contributed by atoms with Crippen molar-refractivity contribution in [3.05, 3.63) is 57.4 Å². The number of aliphatic hydroxyl groups excluding tert-OH is 1. The minimum atomic E-state index is -4.33. The number of benzene rings is 1. The van der Waals surface area contributed by atoms with E-state index in [4.69, 9.17) is 34.9 Å². The maximum atomic E-state index is 13.8. The molecule has 1 aromatic carbocycles. The van der Waals surface area contributed by atoms with Gasteiger partial charge in [-0.3, -0.25) is 23.7 Å². The van der Waals surface area contributed by atoms with Gasteiger partial charge in [0.15, 0.2) is 10.0 Å². The molecule has 13 nitrogen and oxygen atoms in total. The van der Waals surface area contributed by atoms with Gasteiger partial charge in [-0.1, -0.05) is 33.6 Å². The number of nitrogens with zero attached hydrogens (tertiary/aromatic N) is 1. The van der Waals surface area contributed by atoms with Crippen molar-refractivity contribution in [3.8, 4) is 11.5 Å². The number of aromatic nitrogens is 2. The fourth-order valence-corrected chi connectivity index (χ4v) is 5.81. The van der Waals surface area contributed by atoms with E-state index in [2.05, 4.69) is 26.0 Å². The van der Waals surface area contributed by atoms with E-state index in [-0.39, 0.29) is 5.75 Å². The first-order valence-corrected chi connectivity index (χ1v) is 14.1. The first-order chi connectivity index (χ1) is 17.8. The third-order valence-electron chi connectivity index (χ3n) is 5.22. The molecule has 1 aromatic heterocycles. The standard InChI is InChI=1S/C22H28BrClN3O10P/c1-12(2)35-19(30)13(3)26-38(32,37-15-7-5-6-14(10-15)33-4)34-11-16-18(29)22(23,24)20(36-16)27-9-8-17(28)25-21(27)31/h5-10,12-13,16,18,20,29H,11H2,1-4H3,(H,26,32)(H,25,28,31)/t13-,16+,18+,20+,22-,38+/m0/s1. The summed E-state index contributed by atoms with van der Waals surface area (Å²) in [5, 5.41) is 13.3. The summed E-state index contributed by atoms with van der Waals surface area (Å²) in [4.78, 5) is 38.1. The number of hydrogen-bond donors (Lipinski definition) is 3. The predicted molar refractivity (Wildman–Crippen MR) is 140 cm³/mol. The molecule has 3 N–H and O–H groups in total. The van der Waals surface area contributed by atoms with Gasteiger partial charge >= 0.3 is 19.4 Å². The van der Waals surface area contributed by atoms with Crippen molar-refractivity contribution in [2.75, 3.05) is 13.7 Å². The number of esters is 1. The lowest BCUT2D eigenvalue weighted by molar-refractivity contribution is -0.149. The summed E-state index contributed by atoms with van der Waals surface area (Å²) in [6.07, 6.45) is -3.26. The van der Waals surface area contributed by atoms with E-state index in [1.807, 2.05) is 0 Å². The van der Waals surface area contributed by atoms with Crippen LogP contribution in [0, 0.1) is 0 Å². The van der Waals surface area contributed by atoms with Gasteiger partial charge in [0, 0.05) is 18.3 Å². The molecule has 1 fully saturated rings. The van der Waals surface area contributed by atoms with E-state index in [1.165, 1.54) is 26.2 Å². The normalized spacial score (nSPS) is 25.5. The van der Waals surface area contributed by atoms with E-state index < -0.39 is 65.9 Å². The summed E-state index contributed by atoms with van der Waals surface area (Å²) in [7, 11) is -2.88. The molecule has 0 aliphatic carbocycles. The van der Waals surface area contributed by atoms with Gasteiger partial charge < -0.3 is 23.8 Å². The lowest BCUT2D eigenvalue weighted by Gasteiger charge is -2.25. The monoisotopic (exact) mass is 639 g/mol. The quantitative estimate of drug-likeness (QED) is 0.187. The highest BCUT2D eigenvalue weighted by Crippen LogP contribution is 2.50. The van der Waals surface area contributed by atoms with Gasteiger partial charge in [-0.25, -0.2) is 9.36 Å². The van der Waals surface area contributed by atoms with Crippen LogP contribution in [0.5, 0.6) is 11.5 Å². The highest BCUT2D eigenvalue weighted by Gasteiger charge is 2.55. The highest BCUT2D eigenvalue weighted by atomic mass is 79.9. The number of carbonyl (C=O) groups is 1. The zero-order valence-corrected chi connectivity index (χ0v) is 24.1. The van der Waals surface area contributed by atoms with Crippen LogP contribution in [0.25, 0.3) is 0 Å². The molecule has 1 saturated heterocycles. The first-order valence-electron chi connectivity index (χ1n) is 11.3. The van der Waals surface area contributed by atoms with Crippen LogP contribution in [0.1, 0.15) is 27.0 Å². The largest absolute Gasteiger partial charge is 0.497 e. The van der Waals surface area contributed by atoms with Crippen LogP contribution in [0.15, 0.2) is 46.1 Å². The molecule has 1 aliphatic rings. The summed E-state index contributed by atoms with van der Waals surface area (Å²) in [6.45, 7) is 4.19. The van der Waals surface area contributed by atoms with Crippen molar-refractivity contribution in [1.82, 2.24) is 14.6 Å². The second-order valence-electron chi connectivity index (χ2n) is 8.56. The Kier molecular flexibility index (Phi) is 9.85. The first kappa shape index (κ1) is 30.4. The Morgan fingerprint density at radius 1 is 1.32 bits per heavy atom. The molecule has 3 rings (SSSR count). The molecule has 0 unspecified atom stereocenters. The maximum absolute atomic E-state index is 13.8. The number of hydrogen-bond acceptors (Lipinski definition) is 10. The topological polar surface area (TPSA) is 167 Å². The molecule has 1 aliphatic heterocycles. The lowest BCUT2D eigenvalue weighted by Crippen LogP contribution is -2.41. The molecule has 210 valence electrons. The fourth-order valence-electron chi connectivity index (χ4n) is 3.40. The number of rotatable bonds is 11. The van der Waals surface area contributed by atoms with Crippen LogP contribution < -0.4 is 25.6 Å². The number of aromatic amines is 1. The Labute approximate surface area is 231 Å². The SMILES string of the molecule is COc1cccc(O[P@@](=O)(N[C@@H](C)C(=O)OC(C)C)OC[C@H]2O[C@@H](n3ccc(=O)[nH]c3=O)[C@](Cl)(Br)[C@@H]2O)c1. The number of methoxy groups -OCH3 is 1. The molecular formula is C22H28BrClN3O10P. The number of carbonyl (C=O) groups excluding carboxylic acids is 1. The smallest absolute Gasteiger partial charge is 0.459 e. The summed E-state index contributed by atoms with van der Waals surface area (Å²) >= 11 is 9.62. The minimum absolute atomic E-state index is 0.0994. The molecule has 0 bridgehead atoms. The van der Waals surface area contributed by atoms with E-state index in [0.717, 1.165) is 16.8 Å². The number of aliphatic hydroxyl groups is 1. The molecule has 38 heavy (non-hydrogen) atoms. The van der Waals surface area contributed by atoms with Gasteiger partial charge in [0.1, 0.15) is 29.7 Å². The summed E-state index contributed by atoms with van der Waals surface area (Å²) in [5.74, 6) is -0.188. The van der Waals surface area contributed by atoms with Crippen molar-refractivity contribution < 1.29 is 37.7 Å². The van der Waals surface area contributed by atoms with Crippen LogP contribution in [0.3, 0.4) is 0 Å². The van der Waals surface area contributed by atoms with Gasteiger partial charge in [-0.05, 0) is 32.9 Å². The van der Waals surface area contributed by atoms with Crippen LogP contribution in [0.4, 0.5) is 0 Å². The fraction of sp³-hybridized carbons (Fsp3) is 0.500. The number of ether oxygens (including phenoxy) is 3. The van der Waals surface area contributed by atoms with Crippen molar-refractivity contribution >= 4 is 41.2 Å². The highest BCUT2D eigenvalue weighted by molar-refractivity contribution is 9.10. The number of nitrogens with one attached hydrogen (secondary N) is 2. The predicted octanol–water partition coefficient (Wildman–Crippen LogP) is 2.27. The van der Waals surface area contributed by atoms with Crippen LogP contribution in [0.2, 0.25) is 0 Å². The molecular weight excluding hydrogens is 613 g/mol. The lowest BCUT2D eigenvalue weighted by atomic mass is 10.2. The minimum Gasteiger partial charge on any atom is -0.497 e. The molecule has 16 heteroatoms. The third kappa shape index (κ3) is 7.26. The summed E-state index contributed by atoms with van der Waals surface area (Å²) in [6, 6.07) is 6.16. The Hall–Kier alpha value is -2.19. The second-order valence-corrected chi connectivity index (χ2v) is 12.7. The Bertz CT molecular complexity index is 1300. The molecule has 0 saturated carbocycles. The summed E-state index contributed by atoms with van der Waals surface area (Å²) < 4.78 is 40.3. The van der Waals surface area contributed by atoms with Crippen LogP contribution in [-0.2, 0) is 23.4 Å². The van der Waals surface area contributed by atoms with E-state index in [1.54, 1.807) is 26.0 Å². The van der Waals surface area contributed by atoms with Crippen molar-refractivity contribution in [1.29, 1.82) is 0 Å². The van der Waals surface area contributed by atoms with Gasteiger partial charge in [-0.15, -0.1) is 0 Å². The van der Waals surface area contributed by atoms with E-state index in [0.29, 0.717) is 5.75 Å². The Balaban J connectivity index is 1.83. The summed E-state index contributed by atoms with van der Waals surface area (Å²) in [5.41, 5.74) is -1.46. The molecule has 0 radical (unpaired) electrons. The van der Waals surface area contributed by atoms with Crippen molar-refractivity contribution in [3.63, 3.8) is 0 Å². The average Bonchev–Trinajstić information content (AvgIpc) is 3.06. The third-order valence-corrected chi connectivity index (χ3v) is 8.13. The van der Waals surface area contributed by atoms with Crippen LogP contribution in [-0.4, -0.2) is 62.5 Å². The Morgan fingerprint density at radius 3 is 2.63 bits per heavy atom. The number of halogens is 2. The van der Waals surface area contributed by atoms with E-state index >= 15 is 0 Å². The van der Waals surface area contributed by atoms with Gasteiger partial charge in [0.2, 0.25) is 0 Å². The molecule has 6 atom stereocenters. The maximum Gasteiger partial charge on any atom is 0.459 e. The van der Waals surface area contributed by atoms with Crippen molar-refractivity contribution in [2.45, 2.75) is 55.1 Å².